The third-order valence-corrected chi connectivity index (χ3v) is 5.41. The lowest BCUT2D eigenvalue weighted by atomic mass is 10.2. The third kappa shape index (κ3) is 3.52. The van der Waals surface area contributed by atoms with Crippen molar-refractivity contribution in [1.82, 2.24) is 10.2 Å². The predicted molar refractivity (Wildman–Crippen MR) is 86.0 cm³/mol. The number of hydrogen-bond acceptors (Lipinski definition) is 4. The fourth-order valence-corrected chi connectivity index (χ4v) is 4.14. The van der Waals surface area contributed by atoms with Crippen molar-refractivity contribution in [2.24, 2.45) is 0 Å². The van der Waals surface area contributed by atoms with E-state index < -0.39 is 0 Å². The van der Waals surface area contributed by atoms with Gasteiger partial charge in [-0.2, -0.15) is 0 Å². The number of thiophene rings is 1. The summed E-state index contributed by atoms with van der Waals surface area (Å²) < 4.78 is 6.80. The number of halogens is 1. The molecule has 0 saturated carbocycles. The molecule has 1 aliphatic rings. The van der Waals surface area contributed by atoms with Crippen LogP contribution in [0.2, 0.25) is 0 Å². The van der Waals surface area contributed by atoms with Crippen molar-refractivity contribution in [3.63, 3.8) is 0 Å². The van der Waals surface area contributed by atoms with E-state index in [1.165, 1.54) is 35.3 Å². The minimum atomic E-state index is 0.357. The molecule has 5 heteroatoms. The first-order valence-electron chi connectivity index (χ1n) is 7.04. The van der Waals surface area contributed by atoms with Gasteiger partial charge in [0.25, 0.3) is 0 Å². The first kappa shape index (κ1) is 14.3. The second-order valence-corrected chi connectivity index (χ2v) is 7.05. The van der Waals surface area contributed by atoms with Crippen molar-refractivity contribution in [3.05, 3.63) is 45.0 Å². The average Bonchev–Trinajstić information content (AvgIpc) is 3.18. The van der Waals surface area contributed by atoms with Gasteiger partial charge in [0.05, 0.1) is 12.3 Å². The van der Waals surface area contributed by atoms with Gasteiger partial charge in [-0.25, -0.2) is 0 Å². The van der Waals surface area contributed by atoms with E-state index in [1.807, 2.05) is 6.07 Å². The molecule has 0 bridgehead atoms. The summed E-state index contributed by atoms with van der Waals surface area (Å²) in [7, 11) is 0. The Labute approximate surface area is 132 Å². The summed E-state index contributed by atoms with van der Waals surface area (Å²) >= 11 is 5.28. The highest BCUT2D eigenvalue weighted by atomic mass is 79.9. The third-order valence-electron chi connectivity index (χ3n) is 3.71. The van der Waals surface area contributed by atoms with E-state index >= 15 is 0 Å². The molecular weight excluding hydrogens is 336 g/mol. The lowest BCUT2D eigenvalue weighted by Gasteiger charge is -2.26. The number of nitrogens with zero attached hydrogens (tertiary/aromatic N) is 1. The van der Waals surface area contributed by atoms with Crippen LogP contribution < -0.4 is 5.32 Å². The number of likely N-dealkylation sites (tertiary alicyclic amines) is 1. The molecule has 3 nitrogen and oxygen atoms in total. The van der Waals surface area contributed by atoms with Gasteiger partial charge in [0.15, 0.2) is 0 Å². The standard InChI is InChI=1S/C15H19BrN2OS/c16-12-8-13(20-11-12)9-17-10-14(15-4-3-7-19-15)18-5-1-2-6-18/h3-4,7-8,11,14,17H,1-2,5-6,9-10H2/t14-/m0/s1. The van der Waals surface area contributed by atoms with Crippen molar-refractivity contribution in [2.45, 2.75) is 25.4 Å². The van der Waals surface area contributed by atoms with E-state index in [0.29, 0.717) is 6.04 Å². The van der Waals surface area contributed by atoms with Crippen LogP contribution in [0.25, 0.3) is 0 Å². The maximum atomic E-state index is 5.63. The maximum absolute atomic E-state index is 5.63. The fourth-order valence-electron chi connectivity index (χ4n) is 2.72. The molecule has 0 radical (unpaired) electrons. The number of hydrogen-bond donors (Lipinski definition) is 1. The molecular formula is C15H19BrN2OS. The van der Waals surface area contributed by atoms with Gasteiger partial charge in [-0.15, -0.1) is 11.3 Å². The molecule has 1 N–H and O–H groups in total. The van der Waals surface area contributed by atoms with E-state index in [2.05, 4.69) is 43.7 Å². The van der Waals surface area contributed by atoms with Gasteiger partial charge >= 0.3 is 0 Å². The molecule has 1 aliphatic heterocycles. The van der Waals surface area contributed by atoms with Crippen LogP contribution in [0.4, 0.5) is 0 Å². The highest BCUT2D eigenvalue weighted by Gasteiger charge is 2.25. The Hall–Kier alpha value is -0.620. The lowest BCUT2D eigenvalue weighted by molar-refractivity contribution is 0.209. The zero-order valence-corrected chi connectivity index (χ0v) is 13.8. The largest absolute Gasteiger partial charge is 0.468 e. The van der Waals surface area contributed by atoms with Crippen molar-refractivity contribution < 1.29 is 4.42 Å². The zero-order valence-electron chi connectivity index (χ0n) is 11.3. The van der Waals surface area contributed by atoms with Crippen LogP contribution in [0.5, 0.6) is 0 Å². The molecule has 108 valence electrons. The zero-order chi connectivity index (χ0) is 13.8. The molecule has 2 aromatic heterocycles. The van der Waals surface area contributed by atoms with E-state index in [1.54, 1.807) is 17.6 Å². The Balaban J connectivity index is 1.58. The number of furan rings is 1. The van der Waals surface area contributed by atoms with Crippen LogP contribution in [0.1, 0.15) is 29.5 Å². The molecule has 0 unspecified atom stereocenters. The SMILES string of the molecule is Brc1csc(CNC[C@@H](c2ccco2)N2CCCC2)c1. The summed E-state index contributed by atoms with van der Waals surface area (Å²) in [6, 6.07) is 6.60. The molecule has 0 aliphatic carbocycles. The van der Waals surface area contributed by atoms with Crippen molar-refractivity contribution in [2.75, 3.05) is 19.6 Å². The van der Waals surface area contributed by atoms with Gasteiger partial charge in [0, 0.05) is 27.8 Å². The van der Waals surface area contributed by atoms with Crippen LogP contribution in [0.15, 0.2) is 38.7 Å². The Morgan fingerprint density at radius 1 is 1.40 bits per heavy atom. The summed E-state index contributed by atoms with van der Waals surface area (Å²) in [5.41, 5.74) is 0. The van der Waals surface area contributed by atoms with Crippen molar-refractivity contribution in [3.8, 4) is 0 Å². The lowest BCUT2D eigenvalue weighted by Crippen LogP contribution is -2.33. The Morgan fingerprint density at radius 3 is 2.90 bits per heavy atom. The molecule has 0 amide bonds. The minimum absolute atomic E-state index is 0.357. The highest BCUT2D eigenvalue weighted by Crippen LogP contribution is 2.25. The topological polar surface area (TPSA) is 28.4 Å². The molecule has 0 spiro atoms. The van der Waals surface area contributed by atoms with Gasteiger partial charge in [-0.3, -0.25) is 4.90 Å². The normalized spacial score (nSPS) is 17.6. The molecule has 2 aromatic rings. The summed E-state index contributed by atoms with van der Waals surface area (Å²) in [6.45, 7) is 4.21. The molecule has 0 aromatic carbocycles. The first-order chi connectivity index (χ1) is 9.83. The molecule has 3 heterocycles. The van der Waals surface area contributed by atoms with Crippen molar-refractivity contribution >= 4 is 27.3 Å². The van der Waals surface area contributed by atoms with Crippen LogP contribution in [-0.4, -0.2) is 24.5 Å². The smallest absolute Gasteiger partial charge is 0.122 e. The van der Waals surface area contributed by atoms with Crippen LogP contribution in [0, 0.1) is 0 Å². The Morgan fingerprint density at radius 2 is 2.25 bits per heavy atom. The van der Waals surface area contributed by atoms with Gasteiger partial charge in [0.2, 0.25) is 0 Å². The van der Waals surface area contributed by atoms with Gasteiger partial charge in [-0.1, -0.05) is 0 Å². The second-order valence-electron chi connectivity index (χ2n) is 5.14. The Bertz CT molecular complexity index is 520. The summed E-state index contributed by atoms with van der Waals surface area (Å²) in [6.07, 6.45) is 4.37. The maximum Gasteiger partial charge on any atom is 0.122 e. The second kappa shape index (κ2) is 6.89. The predicted octanol–water partition coefficient (Wildman–Crippen LogP) is 4.03. The number of rotatable bonds is 6. The van der Waals surface area contributed by atoms with E-state index in [4.69, 9.17) is 4.42 Å². The van der Waals surface area contributed by atoms with Crippen LogP contribution >= 0.6 is 27.3 Å². The molecule has 1 atom stereocenters. The minimum Gasteiger partial charge on any atom is -0.468 e. The quantitative estimate of drug-likeness (QED) is 0.848. The molecule has 1 fully saturated rings. The van der Waals surface area contributed by atoms with E-state index in [-0.39, 0.29) is 0 Å². The van der Waals surface area contributed by atoms with Gasteiger partial charge in [-0.05, 0) is 60.1 Å². The van der Waals surface area contributed by atoms with Crippen molar-refractivity contribution in [1.29, 1.82) is 0 Å². The van der Waals surface area contributed by atoms with Gasteiger partial charge in [0.1, 0.15) is 5.76 Å². The number of nitrogens with one attached hydrogen (secondary N) is 1. The average molecular weight is 355 g/mol. The fraction of sp³-hybridized carbons (Fsp3) is 0.467. The monoisotopic (exact) mass is 354 g/mol. The summed E-state index contributed by atoms with van der Waals surface area (Å²) in [5, 5.41) is 5.69. The van der Waals surface area contributed by atoms with E-state index in [9.17, 15) is 0 Å². The molecule has 1 saturated heterocycles. The summed E-state index contributed by atoms with van der Waals surface area (Å²) in [5.74, 6) is 1.08. The first-order valence-corrected chi connectivity index (χ1v) is 8.71. The molecule has 20 heavy (non-hydrogen) atoms. The molecule has 3 rings (SSSR count). The summed E-state index contributed by atoms with van der Waals surface area (Å²) in [4.78, 5) is 3.88. The highest BCUT2D eigenvalue weighted by molar-refractivity contribution is 9.10. The van der Waals surface area contributed by atoms with Gasteiger partial charge < -0.3 is 9.73 Å². The van der Waals surface area contributed by atoms with Crippen LogP contribution in [0.3, 0.4) is 0 Å². The van der Waals surface area contributed by atoms with E-state index in [0.717, 1.165) is 18.8 Å². The van der Waals surface area contributed by atoms with Crippen LogP contribution in [-0.2, 0) is 6.54 Å². The Kier molecular flexibility index (Phi) is 4.94.